The maximum Gasteiger partial charge on any atom is 0.317 e. The van der Waals surface area contributed by atoms with Gasteiger partial charge in [0.25, 0.3) is 0 Å². The Labute approximate surface area is 111 Å². The molecule has 2 amide bonds. The Morgan fingerprint density at radius 2 is 1.94 bits per heavy atom. The van der Waals surface area contributed by atoms with E-state index in [4.69, 9.17) is 0 Å². The van der Waals surface area contributed by atoms with Gasteiger partial charge in [-0.05, 0) is 51.1 Å². The number of nitrogens with zero attached hydrogens (tertiary/aromatic N) is 2. The molecule has 0 aromatic heterocycles. The fraction of sp³-hybridized carbons (Fsp3) is 0.929. The zero-order chi connectivity index (χ0) is 13.0. The van der Waals surface area contributed by atoms with Gasteiger partial charge in [-0.3, -0.25) is 0 Å². The molecule has 0 aliphatic carbocycles. The molecule has 2 heterocycles. The topological polar surface area (TPSA) is 35.6 Å². The SMILES string of the molecule is CC1CCN(C(=O)NCC2CCCN(C)C2)CC1. The summed E-state index contributed by atoms with van der Waals surface area (Å²) in [4.78, 5) is 16.4. The second-order valence-electron chi connectivity index (χ2n) is 6.13. The van der Waals surface area contributed by atoms with Crippen LogP contribution < -0.4 is 5.32 Å². The van der Waals surface area contributed by atoms with E-state index in [0.717, 1.165) is 44.9 Å². The number of hydrogen-bond acceptors (Lipinski definition) is 2. The molecule has 1 atom stereocenters. The quantitative estimate of drug-likeness (QED) is 0.814. The predicted octanol–water partition coefficient (Wildman–Crippen LogP) is 1.77. The number of rotatable bonds is 2. The van der Waals surface area contributed by atoms with Gasteiger partial charge in [-0.2, -0.15) is 0 Å². The van der Waals surface area contributed by atoms with E-state index < -0.39 is 0 Å². The summed E-state index contributed by atoms with van der Waals surface area (Å²) in [6.45, 7) is 7.29. The molecule has 0 bridgehead atoms. The molecule has 2 fully saturated rings. The van der Waals surface area contributed by atoms with E-state index >= 15 is 0 Å². The van der Waals surface area contributed by atoms with E-state index in [2.05, 4.69) is 24.2 Å². The fourth-order valence-corrected chi connectivity index (χ4v) is 2.99. The molecule has 1 unspecified atom stereocenters. The number of nitrogens with one attached hydrogen (secondary N) is 1. The average molecular weight is 253 g/mol. The van der Waals surface area contributed by atoms with E-state index in [1.807, 2.05) is 4.90 Å². The van der Waals surface area contributed by atoms with Crippen molar-refractivity contribution in [2.75, 3.05) is 39.8 Å². The van der Waals surface area contributed by atoms with E-state index in [1.54, 1.807) is 0 Å². The van der Waals surface area contributed by atoms with Crippen molar-refractivity contribution in [3.8, 4) is 0 Å². The Hall–Kier alpha value is -0.770. The summed E-state index contributed by atoms with van der Waals surface area (Å²) < 4.78 is 0. The predicted molar refractivity (Wildman–Crippen MR) is 73.6 cm³/mol. The molecule has 4 nitrogen and oxygen atoms in total. The normalized spacial score (nSPS) is 27.2. The van der Waals surface area contributed by atoms with Crippen molar-refractivity contribution < 1.29 is 4.79 Å². The first-order valence-electron chi connectivity index (χ1n) is 7.36. The lowest BCUT2D eigenvalue weighted by atomic mass is 9.98. The summed E-state index contributed by atoms with van der Waals surface area (Å²) in [5.41, 5.74) is 0. The van der Waals surface area contributed by atoms with Crippen LogP contribution in [0.25, 0.3) is 0 Å². The van der Waals surface area contributed by atoms with Gasteiger partial charge in [0.1, 0.15) is 0 Å². The molecule has 0 spiro atoms. The van der Waals surface area contributed by atoms with Crippen LogP contribution in [0.5, 0.6) is 0 Å². The minimum Gasteiger partial charge on any atom is -0.338 e. The third-order valence-electron chi connectivity index (χ3n) is 4.33. The minimum absolute atomic E-state index is 0.148. The number of urea groups is 1. The van der Waals surface area contributed by atoms with Gasteiger partial charge in [-0.25, -0.2) is 4.79 Å². The van der Waals surface area contributed by atoms with Crippen molar-refractivity contribution in [2.45, 2.75) is 32.6 Å². The van der Waals surface area contributed by atoms with Gasteiger partial charge in [0, 0.05) is 26.2 Å². The first kappa shape index (κ1) is 13.7. The van der Waals surface area contributed by atoms with Crippen molar-refractivity contribution in [1.82, 2.24) is 15.1 Å². The van der Waals surface area contributed by atoms with Gasteiger partial charge in [0.2, 0.25) is 0 Å². The monoisotopic (exact) mass is 253 g/mol. The molecule has 0 aromatic rings. The third kappa shape index (κ3) is 3.87. The van der Waals surface area contributed by atoms with Crippen LogP contribution in [0.3, 0.4) is 0 Å². The van der Waals surface area contributed by atoms with Gasteiger partial charge in [-0.1, -0.05) is 6.92 Å². The van der Waals surface area contributed by atoms with Crippen LogP contribution in [0, 0.1) is 11.8 Å². The molecular weight excluding hydrogens is 226 g/mol. The standard InChI is InChI=1S/C14H27N3O/c1-12-5-8-17(9-6-12)14(18)15-10-13-4-3-7-16(2)11-13/h12-13H,3-11H2,1-2H3,(H,15,18). The van der Waals surface area contributed by atoms with Crippen LogP contribution in [0.2, 0.25) is 0 Å². The number of likely N-dealkylation sites (tertiary alicyclic amines) is 2. The molecule has 2 aliphatic heterocycles. The Morgan fingerprint density at radius 3 is 2.61 bits per heavy atom. The van der Waals surface area contributed by atoms with Crippen molar-refractivity contribution in [1.29, 1.82) is 0 Å². The first-order valence-corrected chi connectivity index (χ1v) is 7.36. The highest BCUT2D eigenvalue weighted by Crippen LogP contribution is 2.17. The van der Waals surface area contributed by atoms with Crippen molar-refractivity contribution in [3.05, 3.63) is 0 Å². The highest BCUT2D eigenvalue weighted by molar-refractivity contribution is 5.74. The molecule has 0 saturated carbocycles. The highest BCUT2D eigenvalue weighted by Gasteiger charge is 2.22. The Kier molecular flexibility index (Phi) is 4.87. The molecule has 2 aliphatic rings. The molecule has 104 valence electrons. The molecule has 18 heavy (non-hydrogen) atoms. The largest absolute Gasteiger partial charge is 0.338 e. The maximum absolute atomic E-state index is 12.0. The number of carbonyl (C=O) groups is 1. The summed E-state index contributed by atoms with van der Waals surface area (Å²) in [6, 6.07) is 0.148. The van der Waals surface area contributed by atoms with Crippen molar-refractivity contribution in [3.63, 3.8) is 0 Å². The molecule has 2 saturated heterocycles. The van der Waals surface area contributed by atoms with Crippen LogP contribution in [0.15, 0.2) is 0 Å². The van der Waals surface area contributed by atoms with Crippen LogP contribution in [0.1, 0.15) is 32.6 Å². The second-order valence-corrected chi connectivity index (χ2v) is 6.13. The lowest BCUT2D eigenvalue weighted by Gasteiger charge is -2.33. The maximum atomic E-state index is 12.0. The Morgan fingerprint density at radius 1 is 1.22 bits per heavy atom. The number of amides is 2. The summed E-state index contributed by atoms with van der Waals surface area (Å²) >= 11 is 0. The van der Waals surface area contributed by atoms with Gasteiger partial charge >= 0.3 is 6.03 Å². The third-order valence-corrected chi connectivity index (χ3v) is 4.33. The van der Waals surface area contributed by atoms with Crippen molar-refractivity contribution >= 4 is 6.03 Å². The highest BCUT2D eigenvalue weighted by atomic mass is 16.2. The van der Waals surface area contributed by atoms with Gasteiger partial charge in [0.15, 0.2) is 0 Å². The van der Waals surface area contributed by atoms with E-state index in [1.165, 1.54) is 19.4 Å². The van der Waals surface area contributed by atoms with Crippen LogP contribution in [0.4, 0.5) is 4.79 Å². The smallest absolute Gasteiger partial charge is 0.317 e. The number of hydrogen-bond donors (Lipinski definition) is 1. The van der Waals surface area contributed by atoms with Crippen LogP contribution in [-0.4, -0.2) is 55.6 Å². The minimum atomic E-state index is 0.148. The molecular formula is C14H27N3O. The summed E-state index contributed by atoms with van der Waals surface area (Å²) in [6.07, 6.45) is 4.82. The summed E-state index contributed by atoms with van der Waals surface area (Å²) in [7, 11) is 2.17. The zero-order valence-electron chi connectivity index (χ0n) is 11.8. The first-order chi connectivity index (χ1) is 8.65. The second kappa shape index (κ2) is 6.41. The van der Waals surface area contributed by atoms with Crippen LogP contribution in [-0.2, 0) is 0 Å². The van der Waals surface area contributed by atoms with E-state index in [9.17, 15) is 4.79 Å². The van der Waals surface area contributed by atoms with Gasteiger partial charge < -0.3 is 15.1 Å². The van der Waals surface area contributed by atoms with Gasteiger partial charge in [-0.15, -0.1) is 0 Å². The Balaban J connectivity index is 1.68. The lowest BCUT2D eigenvalue weighted by Crippen LogP contribution is -2.47. The summed E-state index contributed by atoms with van der Waals surface area (Å²) in [5.74, 6) is 1.41. The van der Waals surface area contributed by atoms with Crippen molar-refractivity contribution in [2.24, 2.45) is 11.8 Å². The number of carbonyl (C=O) groups excluding carboxylic acids is 1. The zero-order valence-corrected chi connectivity index (χ0v) is 11.8. The molecule has 4 heteroatoms. The molecule has 1 N–H and O–H groups in total. The van der Waals surface area contributed by atoms with E-state index in [0.29, 0.717) is 5.92 Å². The summed E-state index contributed by atoms with van der Waals surface area (Å²) in [5, 5.41) is 3.12. The molecule has 0 radical (unpaired) electrons. The van der Waals surface area contributed by atoms with Crippen LogP contribution >= 0.6 is 0 Å². The molecule has 2 rings (SSSR count). The Bertz CT molecular complexity index is 274. The van der Waals surface area contributed by atoms with E-state index in [-0.39, 0.29) is 6.03 Å². The fourth-order valence-electron chi connectivity index (χ4n) is 2.99. The number of piperidine rings is 2. The molecule has 0 aromatic carbocycles. The average Bonchev–Trinajstić information content (AvgIpc) is 2.37. The lowest BCUT2D eigenvalue weighted by molar-refractivity contribution is 0.165. The van der Waals surface area contributed by atoms with Gasteiger partial charge in [0.05, 0.1) is 0 Å².